The van der Waals surface area contributed by atoms with E-state index in [2.05, 4.69) is 19.8 Å². The van der Waals surface area contributed by atoms with Gasteiger partial charge in [0.1, 0.15) is 0 Å². The van der Waals surface area contributed by atoms with Gasteiger partial charge in [-0.05, 0) is 18.9 Å². The van der Waals surface area contributed by atoms with Crippen molar-refractivity contribution in [3.63, 3.8) is 0 Å². The first-order valence-electron chi connectivity index (χ1n) is 6.77. The first-order valence-corrected chi connectivity index (χ1v) is 6.77. The second-order valence-electron chi connectivity index (χ2n) is 4.94. The van der Waals surface area contributed by atoms with Crippen LogP contribution in [0.25, 0.3) is 0 Å². The second kappa shape index (κ2) is 5.63. The lowest BCUT2D eigenvalue weighted by molar-refractivity contribution is 0.148. The maximum atomic E-state index is 5.48. The lowest BCUT2D eigenvalue weighted by atomic mass is 10.2. The van der Waals surface area contributed by atoms with E-state index in [9.17, 15) is 0 Å². The highest BCUT2D eigenvalue weighted by molar-refractivity contribution is 5.28. The molecule has 0 spiro atoms. The highest BCUT2D eigenvalue weighted by Crippen LogP contribution is 2.16. The minimum atomic E-state index is 0.627. The molecule has 18 heavy (non-hydrogen) atoms. The molecule has 1 atom stereocenters. The highest BCUT2D eigenvalue weighted by Gasteiger charge is 2.25. The van der Waals surface area contributed by atoms with Gasteiger partial charge in [0, 0.05) is 51.2 Å². The first-order chi connectivity index (χ1) is 8.93. The van der Waals surface area contributed by atoms with Crippen molar-refractivity contribution < 1.29 is 4.74 Å². The Kier molecular flexibility index (Phi) is 3.71. The topological polar surface area (TPSA) is 41.5 Å². The molecule has 5 heteroatoms. The summed E-state index contributed by atoms with van der Waals surface area (Å²) < 4.78 is 5.48. The Labute approximate surface area is 108 Å². The number of hydrogen-bond acceptors (Lipinski definition) is 5. The normalized spacial score (nSPS) is 26.2. The zero-order chi connectivity index (χ0) is 12.2. The van der Waals surface area contributed by atoms with Gasteiger partial charge in [-0.3, -0.25) is 4.90 Å². The maximum Gasteiger partial charge on any atom is 0.225 e. The molecule has 1 aromatic rings. The molecule has 3 rings (SSSR count). The number of anilines is 1. The predicted octanol–water partition coefficient (Wildman–Crippen LogP) is 0.778. The molecule has 2 aliphatic heterocycles. The van der Waals surface area contributed by atoms with Crippen molar-refractivity contribution in [1.82, 2.24) is 14.9 Å². The Morgan fingerprint density at radius 3 is 2.78 bits per heavy atom. The van der Waals surface area contributed by atoms with Crippen molar-refractivity contribution >= 4 is 5.95 Å². The Balaban J connectivity index is 1.61. The average molecular weight is 248 g/mol. The van der Waals surface area contributed by atoms with E-state index in [-0.39, 0.29) is 0 Å². The zero-order valence-corrected chi connectivity index (χ0v) is 10.7. The summed E-state index contributed by atoms with van der Waals surface area (Å²) in [6, 6.07) is 2.49. The van der Waals surface area contributed by atoms with E-state index in [1.807, 2.05) is 18.5 Å². The van der Waals surface area contributed by atoms with Crippen LogP contribution in [0.1, 0.15) is 12.8 Å². The van der Waals surface area contributed by atoms with Crippen LogP contribution < -0.4 is 4.90 Å². The van der Waals surface area contributed by atoms with Crippen molar-refractivity contribution in [2.45, 2.75) is 18.9 Å². The zero-order valence-electron chi connectivity index (χ0n) is 10.7. The van der Waals surface area contributed by atoms with Crippen LogP contribution in [-0.4, -0.2) is 60.3 Å². The Bertz CT molecular complexity index is 367. The molecule has 0 N–H and O–H groups in total. The lowest BCUT2D eigenvalue weighted by Crippen LogP contribution is -2.38. The van der Waals surface area contributed by atoms with Crippen LogP contribution in [0.5, 0.6) is 0 Å². The van der Waals surface area contributed by atoms with Crippen LogP contribution in [0.4, 0.5) is 5.95 Å². The van der Waals surface area contributed by atoms with Crippen LogP contribution in [-0.2, 0) is 4.74 Å². The summed E-state index contributed by atoms with van der Waals surface area (Å²) in [5.74, 6) is 0.863. The summed E-state index contributed by atoms with van der Waals surface area (Å²) in [5.41, 5.74) is 0. The van der Waals surface area contributed by atoms with Crippen molar-refractivity contribution in [2.24, 2.45) is 0 Å². The number of aromatic nitrogens is 2. The smallest absolute Gasteiger partial charge is 0.225 e. The molecule has 1 unspecified atom stereocenters. The Morgan fingerprint density at radius 2 is 2.00 bits per heavy atom. The Morgan fingerprint density at radius 1 is 1.11 bits per heavy atom. The van der Waals surface area contributed by atoms with Gasteiger partial charge < -0.3 is 9.64 Å². The summed E-state index contributed by atoms with van der Waals surface area (Å²) in [6.07, 6.45) is 5.99. The van der Waals surface area contributed by atoms with E-state index in [1.165, 1.54) is 12.8 Å². The molecule has 98 valence electrons. The third-order valence-electron chi connectivity index (χ3n) is 3.79. The third-order valence-corrected chi connectivity index (χ3v) is 3.79. The van der Waals surface area contributed by atoms with Gasteiger partial charge in [0.25, 0.3) is 0 Å². The minimum absolute atomic E-state index is 0.627. The lowest BCUT2D eigenvalue weighted by Gasteiger charge is -2.26. The van der Waals surface area contributed by atoms with Crippen molar-refractivity contribution in [1.29, 1.82) is 0 Å². The van der Waals surface area contributed by atoms with Gasteiger partial charge in [-0.2, -0.15) is 0 Å². The molecule has 0 saturated carbocycles. The van der Waals surface area contributed by atoms with Crippen LogP contribution >= 0.6 is 0 Å². The first kappa shape index (κ1) is 11.9. The summed E-state index contributed by atoms with van der Waals surface area (Å²) in [4.78, 5) is 13.5. The molecule has 0 aromatic carbocycles. The summed E-state index contributed by atoms with van der Waals surface area (Å²) in [5, 5.41) is 0. The number of rotatable bonds is 2. The highest BCUT2D eigenvalue weighted by atomic mass is 16.5. The maximum absolute atomic E-state index is 5.48. The fraction of sp³-hybridized carbons (Fsp3) is 0.692. The molecular formula is C13H20N4O. The standard InChI is InChI=1S/C13H20N4O/c1-4-14-13(15-5-1)17-7-2-6-16(8-9-17)12-3-10-18-11-12/h1,4-5,12H,2-3,6-11H2. The predicted molar refractivity (Wildman–Crippen MR) is 69.7 cm³/mol. The summed E-state index contributed by atoms with van der Waals surface area (Å²) in [7, 11) is 0. The molecule has 2 fully saturated rings. The number of hydrogen-bond donors (Lipinski definition) is 0. The summed E-state index contributed by atoms with van der Waals surface area (Å²) >= 11 is 0. The number of ether oxygens (including phenoxy) is 1. The molecule has 0 amide bonds. The largest absolute Gasteiger partial charge is 0.380 e. The molecule has 2 saturated heterocycles. The quantitative estimate of drug-likeness (QED) is 0.773. The van der Waals surface area contributed by atoms with Crippen molar-refractivity contribution in [3.8, 4) is 0 Å². The van der Waals surface area contributed by atoms with Gasteiger partial charge in [-0.15, -0.1) is 0 Å². The fourth-order valence-corrected chi connectivity index (χ4v) is 2.77. The van der Waals surface area contributed by atoms with Gasteiger partial charge in [0.15, 0.2) is 0 Å². The van der Waals surface area contributed by atoms with Crippen LogP contribution in [0.2, 0.25) is 0 Å². The molecule has 2 aliphatic rings. The third kappa shape index (κ3) is 2.62. The molecule has 3 heterocycles. The van der Waals surface area contributed by atoms with E-state index in [0.29, 0.717) is 6.04 Å². The van der Waals surface area contributed by atoms with Gasteiger partial charge >= 0.3 is 0 Å². The van der Waals surface area contributed by atoms with Crippen molar-refractivity contribution in [3.05, 3.63) is 18.5 Å². The van der Waals surface area contributed by atoms with Gasteiger partial charge in [-0.25, -0.2) is 9.97 Å². The molecule has 0 radical (unpaired) electrons. The Hall–Kier alpha value is -1.20. The average Bonchev–Trinajstić information content (AvgIpc) is 2.84. The van der Waals surface area contributed by atoms with E-state index < -0.39 is 0 Å². The molecule has 5 nitrogen and oxygen atoms in total. The molecule has 0 bridgehead atoms. The fourth-order valence-electron chi connectivity index (χ4n) is 2.77. The van der Waals surface area contributed by atoms with E-state index >= 15 is 0 Å². The van der Waals surface area contributed by atoms with Gasteiger partial charge in [0.2, 0.25) is 5.95 Å². The SMILES string of the molecule is c1cnc(N2CCCN(C3CCOC3)CC2)nc1. The molecule has 0 aliphatic carbocycles. The van der Waals surface area contributed by atoms with E-state index in [1.54, 1.807) is 0 Å². The minimum Gasteiger partial charge on any atom is -0.380 e. The van der Waals surface area contributed by atoms with Crippen molar-refractivity contribution in [2.75, 3.05) is 44.3 Å². The van der Waals surface area contributed by atoms with Crippen LogP contribution in [0.3, 0.4) is 0 Å². The van der Waals surface area contributed by atoms with Crippen LogP contribution in [0.15, 0.2) is 18.5 Å². The van der Waals surface area contributed by atoms with E-state index in [0.717, 1.165) is 45.3 Å². The van der Waals surface area contributed by atoms with Gasteiger partial charge in [0.05, 0.1) is 6.61 Å². The second-order valence-corrected chi connectivity index (χ2v) is 4.94. The van der Waals surface area contributed by atoms with Crippen LogP contribution in [0, 0.1) is 0 Å². The summed E-state index contributed by atoms with van der Waals surface area (Å²) in [6.45, 7) is 6.15. The van der Waals surface area contributed by atoms with E-state index in [4.69, 9.17) is 4.74 Å². The molecule has 1 aromatic heterocycles. The monoisotopic (exact) mass is 248 g/mol. The molecular weight excluding hydrogens is 228 g/mol. The van der Waals surface area contributed by atoms with Gasteiger partial charge in [-0.1, -0.05) is 0 Å². The number of nitrogens with zero attached hydrogens (tertiary/aromatic N) is 4.